The maximum atomic E-state index is 9.51. The highest BCUT2D eigenvalue weighted by Gasteiger charge is 2.13. The van der Waals surface area contributed by atoms with Crippen LogP contribution in [0.5, 0.6) is 5.75 Å². The summed E-state index contributed by atoms with van der Waals surface area (Å²) in [5.41, 5.74) is 1.60. The fraction of sp³-hybridized carbons (Fsp3) is 0.0667. The summed E-state index contributed by atoms with van der Waals surface area (Å²) < 4.78 is 6.24. The SMILES string of the molecule is Oc1ccc(Cl)c(-c2nc(Cc3ccc(Br)cc3)no2)c1. The number of rotatable bonds is 3. The molecule has 0 atom stereocenters. The van der Waals surface area contributed by atoms with Crippen LogP contribution >= 0.6 is 27.5 Å². The van der Waals surface area contributed by atoms with E-state index in [1.807, 2.05) is 24.3 Å². The summed E-state index contributed by atoms with van der Waals surface area (Å²) >= 11 is 9.47. The number of hydrogen-bond acceptors (Lipinski definition) is 4. The summed E-state index contributed by atoms with van der Waals surface area (Å²) in [6.45, 7) is 0. The lowest BCUT2D eigenvalue weighted by Gasteiger charge is -1.99. The summed E-state index contributed by atoms with van der Waals surface area (Å²) in [6, 6.07) is 12.5. The number of aromatic hydroxyl groups is 1. The normalized spacial score (nSPS) is 10.8. The number of phenols is 1. The van der Waals surface area contributed by atoms with Gasteiger partial charge in [0.25, 0.3) is 5.89 Å². The second kappa shape index (κ2) is 5.87. The molecule has 4 nitrogen and oxygen atoms in total. The Morgan fingerprint density at radius 1 is 1.14 bits per heavy atom. The Morgan fingerprint density at radius 2 is 1.90 bits per heavy atom. The van der Waals surface area contributed by atoms with Gasteiger partial charge >= 0.3 is 0 Å². The number of halogens is 2. The van der Waals surface area contributed by atoms with Gasteiger partial charge in [0, 0.05) is 10.9 Å². The Morgan fingerprint density at radius 3 is 2.67 bits per heavy atom. The lowest BCUT2D eigenvalue weighted by Crippen LogP contribution is -1.90. The molecule has 1 aromatic heterocycles. The van der Waals surface area contributed by atoms with Gasteiger partial charge in [-0.1, -0.05) is 44.8 Å². The maximum Gasteiger partial charge on any atom is 0.259 e. The van der Waals surface area contributed by atoms with Gasteiger partial charge < -0.3 is 9.63 Å². The van der Waals surface area contributed by atoms with Crippen LogP contribution in [0, 0.1) is 0 Å². The average Bonchev–Trinajstić information content (AvgIpc) is 2.92. The number of phenolic OH excluding ortho intramolecular Hbond substituents is 1. The molecule has 1 heterocycles. The Hall–Kier alpha value is -1.85. The van der Waals surface area contributed by atoms with Gasteiger partial charge in [-0.15, -0.1) is 0 Å². The van der Waals surface area contributed by atoms with Gasteiger partial charge in [-0.25, -0.2) is 0 Å². The van der Waals surface area contributed by atoms with Crippen molar-refractivity contribution in [1.29, 1.82) is 0 Å². The highest BCUT2D eigenvalue weighted by molar-refractivity contribution is 9.10. The average molecular weight is 366 g/mol. The summed E-state index contributed by atoms with van der Waals surface area (Å²) in [7, 11) is 0. The number of nitrogens with zero attached hydrogens (tertiary/aromatic N) is 2. The summed E-state index contributed by atoms with van der Waals surface area (Å²) in [5, 5.41) is 13.9. The number of hydrogen-bond donors (Lipinski definition) is 1. The molecule has 0 aliphatic rings. The molecule has 1 N–H and O–H groups in total. The van der Waals surface area contributed by atoms with E-state index >= 15 is 0 Å². The number of aromatic nitrogens is 2. The molecule has 0 amide bonds. The highest BCUT2D eigenvalue weighted by atomic mass is 79.9. The molecule has 21 heavy (non-hydrogen) atoms. The molecule has 0 unspecified atom stereocenters. The van der Waals surface area contributed by atoms with Gasteiger partial charge in [0.15, 0.2) is 5.82 Å². The highest BCUT2D eigenvalue weighted by Crippen LogP contribution is 2.30. The van der Waals surface area contributed by atoms with Crippen LogP contribution in [0.4, 0.5) is 0 Å². The Bertz CT molecular complexity index is 772. The van der Waals surface area contributed by atoms with E-state index in [9.17, 15) is 5.11 Å². The Labute approximate surface area is 134 Å². The van der Waals surface area contributed by atoms with Crippen molar-refractivity contribution < 1.29 is 9.63 Å². The summed E-state index contributed by atoms with van der Waals surface area (Å²) in [4.78, 5) is 4.32. The van der Waals surface area contributed by atoms with E-state index in [4.69, 9.17) is 16.1 Å². The van der Waals surface area contributed by atoms with Crippen molar-refractivity contribution >= 4 is 27.5 Å². The summed E-state index contributed by atoms with van der Waals surface area (Å²) in [5.74, 6) is 0.955. The molecule has 106 valence electrons. The smallest absolute Gasteiger partial charge is 0.259 e. The molecule has 0 saturated heterocycles. The van der Waals surface area contributed by atoms with Crippen LogP contribution in [0.3, 0.4) is 0 Å². The minimum Gasteiger partial charge on any atom is -0.508 e. The zero-order valence-corrected chi connectivity index (χ0v) is 13.1. The second-order valence-electron chi connectivity index (χ2n) is 4.48. The third kappa shape index (κ3) is 3.25. The molecule has 0 bridgehead atoms. The first kappa shape index (κ1) is 14.1. The standard InChI is InChI=1S/C15H10BrClN2O2/c16-10-3-1-9(2-4-10)7-14-18-15(21-19-14)12-8-11(20)5-6-13(12)17/h1-6,8,20H,7H2. The first-order valence-electron chi connectivity index (χ1n) is 6.18. The van der Waals surface area contributed by atoms with Crippen molar-refractivity contribution in [3.8, 4) is 17.2 Å². The molecule has 0 aliphatic heterocycles. The largest absolute Gasteiger partial charge is 0.508 e. The lowest BCUT2D eigenvalue weighted by atomic mass is 10.1. The molecular weight excluding hydrogens is 356 g/mol. The van der Waals surface area contributed by atoms with Gasteiger partial charge in [0.1, 0.15) is 5.75 Å². The van der Waals surface area contributed by atoms with Gasteiger partial charge in [0.2, 0.25) is 0 Å². The number of benzene rings is 2. The van der Waals surface area contributed by atoms with E-state index in [-0.39, 0.29) is 5.75 Å². The maximum absolute atomic E-state index is 9.51. The molecular formula is C15H10BrClN2O2. The van der Waals surface area contributed by atoms with E-state index in [1.54, 1.807) is 6.07 Å². The summed E-state index contributed by atoms with van der Waals surface area (Å²) in [6.07, 6.45) is 0.563. The van der Waals surface area contributed by atoms with E-state index in [1.165, 1.54) is 12.1 Å². The quantitative estimate of drug-likeness (QED) is 0.745. The van der Waals surface area contributed by atoms with Crippen LogP contribution in [0.25, 0.3) is 11.5 Å². The third-order valence-electron chi connectivity index (χ3n) is 2.92. The predicted molar refractivity (Wildman–Crippen MR) is 83.4 cm³/mol. The molecule has 2 aromatic carbocycles. The van der Waals surface area contributed by atoms with E-state index in [0.29, 0.717) is 28.7 Å². The topological polar surface area (TPSA) is 59.2 Å². The first-order valence-corrected chi connectivity index (χ1v) is 7.35. The molecule has 0 fully saturated rings. The molecule has 6 heteroatoms. The van der Waals surface area contributed by atoms with Crippen molar-refractivity contribution in [2.75, 3.05) is 0 Å². The van der Waals surface area contributed by atoms with Crippen molar-refractivity contribution in [2.45, 2.75) is 6.42 Å². The van der Waals surface area contributed by atoms with Crippen molar-refractivity contribution in [3.63, 3.8) is 0 Å². The zero-order valence-electron chi connectivity index (χ0n) is 10.8. The van der Waals surface area contributed by atoms with E-state index < -0.39 is 0 Å². The third-order valence-corrected chi connectivity index (χ3v) is 3.78. The van der Waals surface area contributed by atoms with E-state index in [0.717, 1.165) is 10.0 Å². The second-order valence-corrected chi connectivity index (χ2v) is 5.81. The van der Waals surface area contributed by atoms with Crippen LogP contribution in [0.1, 0.15) is 11.4 Å². The fourth-order valence-corrected chi connectivity index (χ4v) is 2.36. The Kier molecular flexibility index (Phi) is 3.94. The monoisotopic (exact) mass is 364 g/mol. The van der Waals surface area contributed by atoms with Crippen LogP contribution in [0.2, 0.25) is 5.02 Å². The van der Waals surface area contributed by atoms with Crippen molar-refractivity contribution in [3.05, 3.63) is 63.3 Å². The fourth-order valence-electron chi connectivity index (χ4n) is 1.90. The molecule has 0 saturated carbocycles. The minimum absolute atomic E-state index is 0.0991. The molecule has 3 rings (SSSR count). The Balaban J connectivity index is 1.86. The van der Waals surface area contributed by atoms with Crippen LogP contribution in [0.15, 0.2) is 51.5 Å². The predicted octanol–water partition coefficient (Wildman–Crippen LogP) is 4.45. The minimum atomic E-state index is 0.0991. The van der Waals surface area contributed by atoms with Crippen LogP contribution < -0.4 is 0 Å². The van der Waals surface area contributed by atoms with Crippen LogP contribution in [-0.2, 0) is 6.42 Å². The molecule has 3 aromatic rings. The van der Waals surface area contributed by atoms with Crippen molar-refractivity contribution in [1.82, 2.24) is 10.1 Å². The van der Waals surface area contributed by atoms with Crippen molar-refractivity contribution in [2.24, 2.45) is 0 Å². The van der Waals surface area contributed by atoms with Gasteiger partial charge in [0.05, 0.1) is 10.6 Å². The first-order chi connectivity index (χ1) is 10.1. The molecule has 0 radical (unpaired) electrons. The van der Waals surface area contributed by atoms with Gasteiger partial charge in [-0.05, 0) is 35.9 Å². The van der Waals surface area contributed by atoms with Gasteiger partial charge in [-0.3, -0.25) is 0 Å². The van der Waals surface area contributed by atoms with Crippen LogP contribution in [-0.4, -0.2) is 15.2 Å². The lowest BCUT2D eigenvalue weighted by molar-refractivity contribution is 0.423. The molecule has 0 spiro atoms. The van der Waals surface area contributed by atoms with E-state index in [2.05, 4.69) is 26.1 Å². The molecule has 0 aliphatic carbocycles. The zero-order chi connectivity index (χ0) is 14.8. The van der Waals surface area contributed by atoms with Gasteiger partial charge in [-0.2, -0.15) is 4.98 Å².